The summed E-state index contributed by atoms with van der Waals surface area (Å²) in [7, 11) is -2.92. The first-order valence-electron chi connectivity index (χ1n) is 16.1. The van der Waals surface area contributed by atoms with Gasteiger partial charge in [-0.25, -0.2) is 17.9 Å². The third kappa shape index (κ3) is 9.01. The first-order chi connectivity index (χ1) is 23.5. The molecule has 8 nitrogen and oxygen atoms in total. The number of phenolic OH excluding ortho intramolecular Hbond substituents is 1. The second-order valence-electron chi connectivity index (χ2n) is 12.3. The summed E-state index contributed by atoms with van der Waals surface area (Å²) < 4.78 is 34.7. The third-order valence-electron chi connectivity index (χ3n) is 8.13. The Hall–Kier alpha value is -5.25. The van der Waals surface area contributed by atoms with Gasteiger partial charge in [0.1, 0.15) is 11.3 Å². The van der Waals surface area contributed by atoms with Crippen LogP contribution >= 0.6 is 0 Å². The van der Waals surface area contributed by atoms with Crippen molar-refractivity contribution < 1.29 is 27.9 Å². The molecule has 2 N–H and O–H groups in total. The zero-order valence-electron chi connectivity index (χ0n) is 27.8. The molecule has 0 aromatic heterocycles. The Labute approximate surface area is 288 Å². The molecule has 0 saturated heterocycles. The number of sulfonamides is 1. The lowest BCUT2D eigenvalue weighted by atomic mass is 9.95. The largest absolute Gasteiger partial charge is 0.507 e. The summed E-state index contributed by atoms with van der Waals surface area (Å²) in [5.74, 6) is -1.14. The van der Waals surface area contributed by atoms with E-state index in [2.05, 4.69) is 18.6 Å². The number of carbonyl (C=O) groups excluding carboxylic acids is 2. The van der Waals surface area contributed by atoms with E-state index in [0.29, 0.717) is 18.0 Å². The molecule has 9 heteroatoms. The molecule has 0 spiro atoms. The highest BCUT2D eigenvalue weighted by Gasteiger charge is 2.24. The van der Waals surface area contributed by atoms with Crippen LogP contribution < -0.4 is 9.62 Å². The summed E-state index contributed by atoms with van der Waals surface area (Å²) >= 11 is 0. The molecule has 0 heterocycles. The van der Waals surface area contributed by atoms with E-state index in [0.717, 1.165) is 39.8 Å². The van der Waals surface area contributed by atoms with Gasteiger partial charge >= 0.3 is 5.97 Å². The van der Waals surface area contributed by atoms with Crippen molar-refractivity contribution in [3.8, 4) is 16.9 Å². The van der Waals surface area contributed by atoms with Gasteiger partial charge in [-0.3, -0.25) is 4.79 Å². The molecule has 1 amide bonds. The van der Waals surface area contributed by atoms with Gasteiger partial charge in [0.25, 0.3) is 0 Å². The van der Waals surface area contributed by atoms with E-state index in [9.17, 15) is 23.1 Å². The van der Waals surface area contributed by atoms with Gasteiger partial charge in [-0.2, -0.15) is 0 Å². The molecule has 0 atom stereocenters. The molecule has 0 aliphatic rings. The van der Waals surface area contributed by atoms with Crippen molar-refractivity contribution in [2.24, 2.45) is 5.92 Å². The number of aromatic hydroxyl groups is 1. The molecule has 0 radical (unpaired) electrons. The Bertz CT molecular complexity index is 2010. The molecule has 0 fully saturated rings. The van der Waals surface area contributed by atoms with Crippen molar-refractivity contribution in [3.63, 3.8) is 0 Å². The van der Waals surface area contributed by atoms with E-state index in [1.807, 2.05) is 84.9 Å². The predicted octanol–water partition coefficient (Wildman–Crippen LogP) is 7.15. The van der Waals surface area contributed by atoms with Crippen molar-refractivity contribution in [1.29, 1.82) is 0 Å². The quantitative estimate of drug-likeness (QED) is 0.128. The van der Waals surface area contributed by atoms with E-state index >= 15 is 0 Å². The van der Waals surface area contributed by atoms with Crippen molar-refractivity contribution in [2.75, 3.05) is 18.6 Å². The van der Waals surface area contributed by atoms with Crippen LogP contribution in [0.5, 0.6) is 5.75 Å². The number of carbonyl (C=O) groups is 2. The predicted molar refractivity (Wildman–Crippen MR) is 192 cm³/mol. The van der Waals surface area contributed by atoms with Crippen LogP contribution in [0.3, 0.4) is 0 Å². The van der Waals surface area contributed by atoms with E-state index < -0.39 is 28.4 Å². The SMILES string of the molecule is COC(=O)c1cc(N(Cc2ccc(CC(C)C)cc2)C(=O)CNS(=O)(=O)c2ccc(-c3ccccc3)c(Cc3ccccc3)c2)ccc1O. The highest BCUT2D eigenvalue weighted by Crippen LogP contribution is 2.29. The number of ether oxygens (including phenoxy) is 1. The number of nitrogens with zero attached hydrogens (tertiary/aromatic N) is 1. The van der Waals surface area contributed by atoms with Gasteiger partial charge in [0.05, 0.1) is 25.1 Å². The summed E-state index contributed by atoms with van der Waals surface area (Å²) in [6, 6.07) is 36.6. The average molecular weight is 677 g/mol. The van der Waals surface area contributed by atoms with Gasteiger partial charge in [0.2, 0.25) is 15.9 Å². The topological polar surface area (TPSA) is 113 Å². The summed E-state index contributed by atoms with van der Waals surface area (Å²) in [4.78, 5) is 27.6. The van der Waals surface area contributed by atoms with Crippen molar-refractivity contribution in [3.05, 3.63) is 149 Å². The second kappa shape index (κ2) is 15.8. The van der Waals surface area contributed by atoms with Crippen molar-refractivity contribution in [2.45, 2.75) is 38.1 Å². The smallest absolute Gasteiger partial charge is 0.341 e. The number of hydrogen-bond donors (Lipinski definition) is 2. The molecular weight excluding hydrogens is 637 g/mol. The molecule has 5 aromatic rings. The van der Waals surface area contributed by atoms with E-state index in [1.165, 1.54) is 30.2 Å². The van der Waals surface area contributed by atoms with Gasteiger partial charge in [-0.05, 0) is 82.5 Å². The van der Waals surface area contributed by atoms with E-state index in [4.69, 9.17) is 4.74 Å². The molecule has 252 valence electrons. The number of methoxy groups -OCH3 is 1. The molecule has 0 bridgehead atoms. The summed E-state index contributed by atoms with van der Waals surface area (Å²) in [5, 5.41) is 10.3. The van der Waals surface area contributed by atoms with Crippen LogP contribution in [0.1, 0.15) is 46.5 Å². The Morgan fingerprint density at radius 3 is 2.10 bits per heavy atom. The maximum Gasteiger partial charge on any atom is 0.341 e. The molecule has 5 aromatic carbocycles. The minimum atomic E-state index is -4.12. The maximum atomic E-state index is 13.8. The van der Waals surface area contributed by atoms with Crippen molar-refractivity contribution >= 4 is 27.6 Å². The Morgan fingerprint density at radius 2 is 1.45 bits per heavy atom. The molecule has 0 aliphatic carbocycles. The van der Waals surface area contributed by atoms with Gasteiger partial charge in [0, 0.05) is 5.69 Å². The number of phenols is 1. The Kier molecular flexibility index (Phi) is 11.3. The lowest BCUT2D eigenvalue weighted by Gasteiger charge is -2.24. The monoisotopic (exact) mass is 676 g/mol. The zero-order valence-corrected chi connectivity index (χ0v) is 28.6. The number of benzene rings is 5. The van der Waals surface area contributed by atoms with Crippen LogP contribution in [0.2, 0.25) is 0 Å². The molecule has 0 aliphatic heterocycles. The van der Waals surface area contributed by atoms with Gasteiger partial charge in [0.15, 0.2) is 0 Å². The van der Waals surface area contributed by atoms with Gasteiger partial charge in [-0.1, -0.05) is 105 Å². The van der Waals surface area contributed by atoms with Crippen LogP contribution in [0.25, 0.3) is 11.1 Å². The van der Waals surface area contributed by atoms with E-state index in [-0.39, 0.29) is 22.8 Å². The molecular formula is C40H40N2O6S. The number of amides is 1. The minimum Gasteiger partial charge on any atom is -0.507 e. The van der Waals surface area contributed by atoms with Crippen molar-refractivity contribution in [1.82, 2.24) is 4.72 Å². The highest BCUT2D eigenvalue weighted by atomic mass is 32.2. The second-order valence-corrected chi connectivity index (χ2v) is 14.0. The fraction of sp³-hybridized carbons (Fsp3) is 0.200. The highest BCUT2D eigenvalue weighted by molar-refractivity contribution is 7.89. The average Bonchev–Trinajstić information content (AvgIpc) is 3.11. The third-order valence-corrected chi connectivity index (χ3v) is 9.53. The van der Waals surface area contributed by atoms with Gasteiger partial charge in [-0.15, -0.1) is 0 Å². The number of rotatable bonds is 13. The fourth-order valence-electron chi connectivity index (χ4n) is 5.66. The lowest BCUT2D eigenvalue weighted by Crippen LogP contribution is -2.40. The van der Waals surface area contributed by atoms with Crippen LogP contribution in [0.4, 0.5) is 5.69 Å². The molecule has 0 saturated carbocycles. The number of hydrogen-bond acceptors (Lipinski definition) is 6. The van der Waals surface area contributed by atoms with E-state index in [1.54, 1.807) is 18.2 Å². The first-order valence-corrected chi connectivity index (χ1v) is 17.5. The lowest BCUT2D eigenvalue weighted by molar-refractivity contribution is -0.117. The maximum absolute atomic E-state index is 13.8. The first kappa shape index (κ1) is 35.1. The minimum absolute atomic E-state index is 0.0378. The van der Waals surface area contributed by atoms with Crippen LogP contribution in [-0.4, -0.2) is 39.1 Å². The van der Waals surface area contributed by atoms with Crippen LogP contribution in [-0.2, 0) is 38.9 Å². The zero-order chi connectivity index (χ0) is 35.0. The summed E-state index contributed by atoms with van der Waals surface area (Å²) in [6.07, 6.45) is 1.42. The number of esters is 1. The Morgan fingerprint density at radius 1 is 0.796 bits per heavy atom. The van der Waals surface area contributed by atoms with Gasteiger partial charge < -0.3 is 14.7 Å². The standard InChI is InChI=1S/C40H40N2O6S/c1-28(2)22-30-14-16-31(17-15-30)27-42(34-18-21-38(43)37(25-34)40(45)48-3)39(44)26-41-49(46,47)35-19-20-36(32-12-8-5-9-13-32)33(24-35)23-29-10-6-4-7-11-29/h4-21,24-25,28,41,43H,22-23,26-27H2,1-3H3. The Balaban J connectivity index is 1.43. The molecule has 49 heavy (non-hydrogen) atoms. The number of nitrogens with one attached hydrogen (secondary N) is 1. The fourth-order valence-corrected chi connectivity index (χ4v) is 6.68. The summed E-state index contributed by atoms with van der Waals surface area (Å²) in [5.41, 5.74) is 5.89. The number of anilines is 1. The molecule has 0 unspecified atom stereocenters. The normalized spacial score (nSPS) is 11.3. The molecule has 5 rings (SSSR count). The van der Waals surface area contributed by atoms with Crippen LogP contribution in [0.15, 0.2) is 126 Å². The summed E-state index contributed by atoms with van der Waals surface area (Å²) in [6.45, 7) is 3.83. The van der Waals surface area contributed by atoms with Crippen LogP contribution in [0, 0.1) is 5.92 Å².